The predicted octanol–water partition coefficient (Wildman–Crippen LogP) is 5.52. The zero-order valence-corrected chi connectivity index (χ0v) is 17.7. The Labute approximate surface area is 175 Å². The molecule has 0 spiro atoms. The molecule has 1 aliphatic rings. The van der Waals surface area contributed by atoms with Crippen molar-refractivity contribution in [3.8, 4) is 5.75 Å². The number of para-hydroxylation sites is 1. The Morgan fingerprint density at radius 3 is 2.69 bits per heavy atom. The lowest BCUT2D eigenvalue weighted by atomic mass is 9.88. The van der Waals surface area contributed by atoms with Gasteiger partial charge < -0.3 is 15.0 Å². The van der Waals surface area contributed by atoms with Gasteiger partial charge in [-0.25, -0.2) is 9.37 Å². The second kappa shape index (κ2) is 9.55. The minimum atomic E-state index is -0.228. The van der Waals surface area contributed by atoms with Crippen LogP contribution in [0.2, 0.25) is 0 Å². The van der Waals surface area contributed by atoms with Crippen molar-refractivity contribution in [2.75, 3.05) is 38.6 Å². The number of hydrogen-bond donors (Lipinski definition) is 1. The quantitative estimate of drug-likeness (QED) is 0.494. The van der Waals surface area contributed by atoms with Crippen molar-refractivity contribution >= 4 is 26.7 Å². The first-order valence-corrected chi connectivity index (χ1v) is 11.2. The highest BCUT2D eigenvalue weighted by molar-refractivity contribution is 7.22. The maximum atomic E-state index is 12.9. The van der Waals surface area contributed by atoms with Gasteiger partial charge in [0.2, 0.25) is 0 Å². The van der Waals surface area contributed by atoms with Crippen LogP contribution in [0.4, 0.5) is 9.52 Å². The number of thiazole rings is 1. The minimum absolute atomic E-state index is 0.228. The van der Waals surface area contributed by atoms with Gasteiger partial charge in [-0.3, -0.25) is 0 Å². The van der Waals surface area contributed by atoms with Crippen LogP contribution in [0.3, 0.4) is 0 Å². The molecule has 1 fully saturated rings. The molecule has 4 rings (SSSR count). The highest BCUT2D eigenvalue weighted by atomic mass is 32.1. The number of rotatable bonds is 8. The summed E-state index contributed by atoms with van der Waals surface area (Å²) in [6.07, 6.45) is 4.52. The van der Waals surface area contributed by atoms with Crippen LogP contribution >= 0.6 is 11.3 Å². The Morgan fingerprint density at radius 2 is 1.93 bits per heavy atom. The van der Waals surface area contributed by atoms with Gasteiger partial charge in [-0.15, -0.1) is 0 Å². The summed E-state index contributed by atoms with van der Waals surface area (Å²) < 4.78 is 19.9. The molecule has 154 valence electrons. The third-order valence-corrected chi connectivity index (χ3v) is 6.68. The number of likely N-dealkylation sites (tertiary alicyclic amines) is 1. The van der Waals surface area contributed by atoms with Crippen molar-refractivity contribution in [1.29, 1.82) is 0 Å². The fourth-order valence-electron chi connectivity index (χ4n) is 4.03. The summed E-state index contributed by atoms with van der Waals surface area (Å²) in [5.41, 5.74) is 2.59. The monoisotopic (exact) mass is 413 g/mol. The van der Waals surface area contributed by atoms with Gasteiger partial charge in [0, 0.05) is 7.05 Å². The summed E-state index contributed by atoms with van der Waals surface area (Å²) in [5.74, 6) is 1.11. The van der Waals surface area contributed by atoms with Gasteiger partial charge in [0.25, 0.3) is 0 Å². The lowest BCUT2D eigenvalue weighted by Crippen LogP contribution is -2.33. The van der Waals surface area contributed by atoms with E-state index in [0.29, 0.717) is 12.5 Å². The third-order valence-electron chi connectivity index (χ3n) is 5.64. The van der Waals surface area contributed by atoms with Crippen molar-refractivity contribution in [1.82, 2.24) is 9.88 Å². The second-order valence-electron chi connectivity index (χ2n) is 7.59. The van der Waals surface area contributed by atoms with E-state index in [2.05, 4.69) is 28.4 Å². The third kappa shape index (κ3) is 5.06. The van der Waals surface area contributed by atoms with E-state index in [0.717, 1.165) is 43.4 Å². The van der Waals surface area contributed by atoms with E-state index in [9.17, 15) is 4.39 Å². The Hall–Kier alpha value is -2.18. The number of halogens is 1. The normalized spacial score (nSPS) is 15.7. The van der Waals surface area contributed by atoms with E-state index in [4.69, 9.17) is 9.72 Å². The molecule has 1 N–H and O–H groups in total. The molecule has 29 heavy (non-hydrogen) atoms. The average molecular weight is 414 g/mol. The molecule has 0 atom stereocenters. The van der Waals surface area contributed by atoms with Crippen LogP contribution in [-0.2, 0) is 0 Å². The zero-order chi connectivity index (χ0) is 20.1. The number of unbranched alkanes of at least 4 members (excludes halogenated alkanes) is 1. The Bertz CT molecular complexity index is 920. The van der Waals surface area contributed by atoms with Gasteiger partial charge >= 0.3 is 0 Å². The predicted molar refractivity (Wildman–Crippen MR) is 119 cm³/mol. The summed E-state index contributed by atoms with van der Waals surface area (Å²) >= 11 is 1.73. The lowest BCUT2D eigenvalue weighted by Gasteiger charge is -2.32. The second-order valence-corrected chi connectivity index (χ2v) is 8.62. The van der Waals surface area contributed by atoms with Gasteiger partial charge in [0.1, 0.15) is 11.6 Å². The number of benzene rings is 2. The number of nitrogens with one attached hydrogen (secondary N) is 1. The molecule has 4 nitrogen and oxygen atoms in total. The SMILES string of the molecule is CNc1nc2c(C3CCN(CCCCOc4ccc(F)cc4)CC3)cccc2s1. The molecule has 0 bridgehead atoms. The first-order chi connectivity index (χ1) is 14.2. The standard InChI is InChI=1S/C23H28FN3OS/c1-25-23-26-22-20(5-4-6-21(22)29-23)17-11-14-27(15-12-17)13-2-3-16-28-19-9-7-18(24)8-10-19/h4-10,17H,2-3,11-16H2,1H3,(H,25,26). The van der Waals surface area contributed by atoms with Crippen molar-refractivity contribution in [3.05, 3.63) is 53.8 Å². The molecule has 2 heterocycles. The average Bonchev–Trinajstić information content (AvgIpc) is 3.19. The van der Waals surface area contributed by atoms with Gasteiger partial charge in [-0.2, -0.15) is 0 Å². The summed E-state index contributed by atoms with van der Waals surface area (Å²) in [5, 5.41) is 4.17. The van der Waals surface area contributed by atoms with E-state index in [1.807, 2.05) is 7.05 Å². The van der Waals surface area contributed by atoms with E-state index in [1.165, 1.54) is 40.8 Å². The van der Waals surface area contributed by atoms with E-state index < -0.39 is 0 Å². The first-order valence-electron chi connectivity index (χ1n) is 10.4. The molecule has 0 aliphatic carbocycles. The molecular weight excluding hydrogens is 385 g/mol. The smallest absolute Gasteiger partial charge is 0.183 e. The number of ether oxygens (including phenoxy) is 1. The summed E-state index contributed by atoms with van der Waals surface area (Å²) in [6.45, 7) is 4.08. The summed E-state index contributed by atoms with van der Waals surface area (Å²) in [6, 6.07) is 12.8. The zero-order valence-electron chi connectivity index (χ0n) is 16.9. The molecule has 6 heteroatoms. The number of hydrogen-bond acceptors (Lipinski definition) is 5. The highest BCUT2D eigenvalue weighted by Crippen LogP contribution is 2.36. The van der Waals surface area contributed by atoms with Crippen LogP contribution in [0.5, 0.6) is 5.75 Å². The van der Waals surface area contributed by atoms with E-state index in [1.54, 1.807) is 23.5 Å². The van der Waals surface area contributed by atoms with Crippen LogP contribution in [0.25, 0.3) is 10.2 Å². The van der Waals surface area contributed by atoms with Crippen LogP contribution in [0.15, 0.2) is 42.5 Å². The van der Waals surface area contributed by atoms with Gasteiger partial charge in [0.15, 0.2) is 5.13 Å². The molecule has 3 aromatic rings. The summed E-state index contributed by atoms with van der Waals surface area (Å²) in [7, 11) is 1.93. The fraction of sp³-hybridized carbons (Fsp3) is 0.435. The largest absolute Gasteiger partial charge is 0.494 e. The van der Waals surface area contributed by atoms with Crippen LogP contribution in [0, 0.1) is 5.82 Å². The van der Waals surface area contributed by atoms with Crippen LogP contribution in [0.1, 0.15) is 37.2 Å². The molecule has 1 aromatic heterocycles. The molecule has 0 radical (unpaired) electrons. The molecule has 0 amide bonds. The molecule has 2 aromatic carbocycles. The number of piperidine rings is 1. The molecule has 0 unspecified atom stereocenters. The number of fused-ring (bicyclic) bond motifs is 1. The molecule has 1 saturated heterocycles. The Balaban J connectivity index is 1.21. The van der Waals surface area contributed by atoms with Crippen molar-refractivity contribution in [2.24, 2.45) is 0 Å². The van der Waals surface area contributed by atoms with Gasteiger partial charge in [-0.05, 0) is 87.1 Å². The molecular formula is C23H28FN3OS. The van der Waals surface area contributed by atoms with Gasteiger partial charge in [-0.1, -0.05) is 23.5 Å². The fourth-order valence-corrected chi connectivity index (χ4v) is 4.89. The topological polar surface area (TPSA) is 37.4 Å². The van der Waals surface area contributed by atoms with Gasteiger partial charge in [0.05, 0.1) is 16.8 Å². The Morgan fingerprint density at radius 1 is 1.14 bits per heavy atom. The highest BCUT2D eigenvalue weighted by Gasteiger charge is 2.23. The maximum Gasteiger partial charge on any atom is 0.183 e. The molecule has 0 saturated carbocycles. The maximum absolute atomic E-state index is 12.9. The number of anilines is 1. The Kier molecular flexibility index (Phi) is 6.62. The first kappa shape index (κ1) is 20.1. The van der Waals surface area contributed by atoms with Crippen LogP contribution < -0.4 is 10.1 Å². The number of nitrogens with zero attached hydrogens (tertiary/aromatic N) is 2. The summed E-state index contributed by atoms with van der Waals surface area (Å²) in [4.78, 5) is 7.35. The van der Waals surface area contributed by atoms with Crippen LogP contribution in [-0.4, -0.2) is 43.2 Å². The van der Waals surface area contributed by atoms with E-state index >= 15 is 0 Å². The van der Waals surface area contributed by atoms with E-state index in [-0.39, 0.29) is 5.82 Å². The lowest BCUT2D eigenvalue weighted by molar-refractivity contribution is 0.202. The van der Waals surface area contributed by atoms with Crippen molar-refractivity contribution < 1.29 is 9.13 Å². The van der Waals surface area contributed by atoms with Crippen molar-refractivity contribution in [2.45, 2.75) is 31.6 Å². The minimum Gasteiger partial charge on any atom is -0.494 e. The molecule has 1 aliphatic heterocycles. The van der Waals surface area contributed by atoms with Crippen molar-refractivity contribution in [3.63, 3.8) is 0 Å². The number of aromatic nitrogens is 1.